The molecule has 0 bridgehead atoms. The number of hydrogen-bond acceptors (Lipinski definition) is 0. The summed E-state index contributed by atoms with van der Waals surface area (Å²) in [4.78, 5) is 0. The Morgan fingerprint density at radius 2 is 2.17 bits per heavy atom. The Labute approximate surface area is 81.4 Å². The van der Waals surface area contributed by atoms with Crippen LogP contribution in [0.4, 0.5) is 0 Å². The lowest BCUT2D eigenvalue weighted by Crippen LogP contribution is -1.79. The summed E-state index contributed by atoms with van der Waals surface area (Å²) in [7, 11) is 0. The molecule has 0 N–H and O–H groups in total. The Bertz CT molecular complexity index is 313. The Balaban J connectivity index is 2.33. The van der Waals surface area contributed by atoms with Gasteiger partial charge in [0.05, 0.1) is 0 Å². The smallest absolute Gasteiger partial charge is 0.0181 e. The van der Waals surface area contributed by atoms with Crippen molar-refractivity contribution >= 4 is 21.5 Å². The van der Waals surface area contributed by atoms with Crippen molar-refractivity contribution in [3.8, 4) is 0 Å². The van der Waals surface area contributed by atoms with Gasteiger partial charge in [-0.25, -0.2) is 0 Å². The summed E-state index contributed by atoms with van der Waals surface area (Å²) < 4.78 is 1.17. The molecule has 0 saturated heterocycles. The van der Waals surface area contributed by atoms with Gasteiger partial charge in [0.1, 0.15) is 0 Å². The standard InChI is InChI=1S/C11H11Br/c12-11-7-3-6-10(8-11)9-4-1-2-5-9/h3-4,6-8H,1-2,5H2. The van der Waals surface area contributed by atoms with Crippen molar-refractivity contribution in [2.45, 2.75) is 19.3 Å². The van der Waals surface area contributed by atoms with Crippen LogP contribution in [0.15, 0.2) is 34.8 Å². The van der Waals surface area contributed by atoms with Crippen molar-refractivity contribution in [1.29, 1.82) is 0 Å². The van der Waals surface area contributed by atoms with Crippen LogP contribution in [0.3, 0.4) is 0 Å². The second-order valence-electron chi connectivity index (χ2n) is 3.13. The van der Waals surface area contributed by atoms with Crippen molar-refractivity contribution < 1.29 is 0 Å². The minimum absolute atomic E-state index is 1.17. The average Bonchev–Trinajstić information content (AvgIpc) is 2.56. The first-order valence-corrected chi connectivity index (χ1v) is 5.10. The summed E-state index contributed by atoms with van der Waals surface area (Å²) in [5.41, 5.74) is 2.89. The van der Waals surface area contributed by atoms with Gasteiger partial charge in [0.15, 0.2) is 0 Å². The lowest BCUT2D eigenvalue weighted by atomic mass is 10.1. The third kappa shape index (κ3) is 1.61. The minimum Gasteiger partial charge on any atom is -0.0807 e. The Morgan fingerprint density at radius 3 is 2.83 bits per heavy atom. The van der Waals surface area contributed by atoms with Gasteiger partial charge in [-0.05, 0) is 42.5 Å². The van der Waals surface area contributed by atoms with Crippen LogP contribution >= 0.6 is 15.9 Å². The molecule has 0 atom stereocenters. The SMILES string of the molecule is Brc1cccc(C2=CCCC2)c1. The fourth-order valence-corrected chi connectivity index (χ4v) is 2.02. The molecule has 1 aromatic rings. The van der Waals surface area contributed by atoms with Gasteiger partial charge in [-0.2, -0.15) is 0 Å². The third-order valence-corrected chi connectivity index (χ3v) is 2.73. The van der Waals surface area contributed by atoms with Crippen molar-refractivity contribution in [2.75, 3.05) is 0 Å². The first-order valence-electron chi connectivity index (χ1n) is 4.31. The van der Waals surface area contributed by atoms with Crippen LogP contribution in [0.25, 0.3) is 5.57 Å². The summed E-state index contributed by atoms with van der Waals surface area (Å²) in [6, 6.07) is 8.54. The summed E-state index contributed by atoms with van der Waals surface area (Å²) in [6.07, 6.45) is 6.17. The number of benzene rings is 1. The zero-order valence-corrected chi connectivity index (χ0v) is 8.47. The fraction of sp³-hybridized carbons (Fsp3) is 0.273. The van der Waals surface area contributed by atoms with Gasteiger partial charge >= 0.3 is 0 Å². The first kappa shape index (κ1) is 8.06. The lowest BCUT2D eigenvalue weighted by molar-refractivity contribution is 0.935. The van der Waals surface area contributed by atoms with E-state index in [1.807, 2.05) is 0 Å². The van der Waals surface area contributed by atoms with E-state index in [4.69, 9.17) is 0 Å². The summed E-state index contributed by atoms with van der Waals surface area (Å²) in [5.74, 6) is 0. The molecule has 0 saturated carbocycles. The summed E-state index contributed by atoms with van der Waals surface area (Å²) in [5, 5.41) is 0. The second-order valence-corrected chi connectivity index (χ2v) is 4.05. The lowest BCUT2D eigenvalue weighted by Gasteiger charge is -2.01. The van der Waals surface area contributed by atoms with Crippen LogP contribution in [-0.4, -0.2) is 0 Å². The molecule has 62 valence electrons. The summed E-state index contributed by atoms with van der Waals surface area (Å²) >= 11 is 3.48. The van der Waals surface area contributed by atoms with Crippen LogP contribution in [0.2, 0.25) is 0 Å². The maximum absolute atomic E-state index is 3.48. The number of hydrogen-bond donors (Lipinski definition) is 0. The molecule has 0 unspecified atom stereocenters. The maximum Gasteiger partial charge on any atom is 0.0181 e. The van der Waals surface area contributed by atoms with Gasteiger partial charge in [0, 0.05) is 4.47 Å². The normalized spacial score (nSPS) is 16.2. The topological polar surface area (TPSA) is 0 Å². The van der Waals surface area contributed by atoms with Crippen LogP contribution in [0, 0.1) is 0 Å². The van der Waals surface area contributed by atoms with Crippen molar-refractivity contribution in [3.63, 3.8) is 0 Å². The second kappa shape index (κ2) is 3.44. The molecule has 1 aromatic carbocycles. The van der Waals surface area contributed by atoms with Gasteiger partial charge in [-0.15, -0.1) is 0 Å². The van der Waals surface area contributed by atoms with E-state index in [1.54, 1.807) is 0 Å². The van der Waals surface area contributed by atoms with Crippen LogP contribution in [-0.2, 0) is 0 Å². The number of halogens is 1. The number of allylic oxidation sites excluding steroid dienone is 2. The molecule has 0 amide bonds. The van der Waals surface area contributed by atoms with Gasteiger partial charge in [0.2, 0.25) is 0 Å². The van der Waals surface area contributed by atoms with Crippen molar-refractivity contribution in [2.24, 2.45) is 0 Å². The minimum atomic E-state index is 1.17. The van der Waals surface area contributed by atoms with E-state index in [2.05, 4.69) is 46.3 Å². The fourth-order valence-electron chi connectivity index (χ4n) is 1.62. The van der Waals surface area contributed by atoms with Crippen molar-refractivity contribution in [1.82, 2.24) is 0 Å². The molecule has 0 aliphatic heterocycles. The highest BCUT2D eigenvalue weighted by atomic mass is 79.9. The largest absolute Gasteiger partial charge is 0.0807 e. The molecule has 0 radical (unpaired) electrons. The average molecular weight is 223 g/mol. The van der Waals surface area contributed by atoms with Crippen LogP contribution in [0.1, 0.15) is 24.8 Å². The highest BCUT2D eigenvalue weighted by molar-refractivity contribution is 9.10. The molecular formula is C11H11Br. The van der Waals surface area contributed by atoms with E-state index in [0.717, 1.165) is 0 Å². The van der Waals surface area contributed by atoms with Gasteiger partial charge in [-0.3, -0.25) is 0 Å². The van der Waals surface area contributed by atoms with Crippen molar-refractivity contribution in [3.05, 3.63) is 40.4 Å². The maximum atomic E-state index is 3.48. The van der Waals surface area contributed by atoms with E-state index < -0.39 is 0 Å². The predicted octanol–water partition coefficient (Wildman–Crippen LogP) is 4.02. The Kier molecular flexibility index (Phi) is 2.31. The monoisotopic (exact) mass is 222 g/mol. The quantitative estimate of drug-likeness (QED) is 0.674. The predicted molar refractivity (Wildman–Crippen MR) is 56.0 cm³/mol. The molecule has 0 spiro atoms. The molecule has 0 nitrogen and oxygen atoms in total. The Hall–Kier alpha value is -0.560. The van der Waals surface area contributed by atoms with Gasteiger partial charge in [-0.1, -0.05) is 34.1 Å². The molecule has 1 aliphatic carbocycles. The Morgan fingerprint density at radius 1 is 1.25 bits per heavy atom. The highest BCUT2D eigenvalue weighted by Crippen LogP contribution is 2.28. The van der Waals surface area contributed by atoms with E-state index in [0.29, 0.717) is 0 Å². The summed E-state index contributed by atoms with van der Waals surface area (Å²) in [6.45, 7) is 0. The van der Waals surface area contributed by atoms with E-state index >= 15 is 0 Å². The van der Waals surface area contributed by atoms with Gasteiger partial charge in [0.25, 0.3) is 0 Å². The van der Waals surface area contributed by atoms with Crippen LogP contribution in [0.5, 0.6) is 0 Å². The molecule has 1 heteroatoms. The molecule has 1 aliphatic rings. The third-order valence-electron chi connectivity index (χ3n) is 2.24. The zero-order chi connectivity index (χ0) is 8.39. The molecule has 2 rings (SSSR count). The van der Waals surface area contributed by atoms with Crippen LogP contribution < -0.4 is 0 Å². The van der Waals surface area contributed by atoms with E-state index in [9.17, 15) is 0 Å². The molecule has 0 heterocycles. The first-order chi connectivity index (χ1) is 5.86. The van der Waals surface area contributed by atoms with Gasteiger partial charge < -0.3 is 0 Å². The molecule has 12 heavy (non-hydrogen) atoms. The molecule has 0 fully saturated rings. The number of rotatable bonds is 1. The van der Waals surface area contributed by atoms with E-state index in [-0.39, 0.29) is 0 Å². The molecular weight excluding hydrogens is 212 g/mol. The molecule has 0 aromatic heterocycles. The zero-order valence-electron chi connectivity index (χ0n) is 6.89. The van der Waals surface area contributed by atoms with E-state index in [1.165, 1.54) is 34.9 Å². The highest BCUT2D eigenvalue weighted by Gasteiger charge is 2.06.